The molecule has 0 amide bonds. The minimum absolute atomic E-state index is 0.0459. The molecule has 110 valence electrons. The minimum Gasteiger partial charge on any atom is -0.493 e. The number of terminal acetylenes is 1. The molecule has 6 nitrogen and oxygen atoms in total. The lowest BCUT2D eigenvalue weighted by atomic mass is 10.0. The van der Waals surface area contributed by atoms with Crippen molar-refractivity contribution in [2.24, 2.45) is 0 Å². The van der Waals surface area contributed by atoms with Gasteiger partial charge in [0, 0.05) is 6.08 Å². The lowest BCUT2D eigenvalue weighted by molar-refractivity contribution is -0.131. The number of methoxy groups -OCH3 is 2. The van der Waals surface area contributed by atoms with Crippen molar-refractivity contribution in [3.63, 3.8) is 0 Å². The van der Waals surface area contributed by atoms with E-state index in [1.165, 1.54) is 26.4 Å². The maximum atomic E-state index is 12.1. The molecule has 0 radical (unpaired) electrons. The first kappa shape index (κ1) is 16.1. The maximum Gasteiger partial charge on any atom is 0.343 e. The molecule has 1 rings (SSSR count). The van der Waals surface area contributed by atoms with Crippen LogP contribution in [0.25, 0.3) is 6.08 Å². The van der Waals surface area contributed by atoms with Gasteiger partial charge in [-0.05, 0) is 17.7 Å². The van der Waals surface area contributed by atoms with Crippen molar-refractivity contribution in [3.8, 4) is 23.8 Å². The van der Waals surface area contributed by atoms with Crippen LogP contribution in [0.2, 0.25) is 0 Å². The third-order valence-corrected chi connectivity index (χ3v) is 2.47. The van der Waals surface area contributed by atoms with Crippen molar-refractivity contribution in [1.29, 1.82) is 0 Å². The number of hydrogen-bond acceptors (Lipinski definition) is 5. The van der Waals surface area contributed by atoms with Gasteiger partial charge in [0.15, 0.2) is 18.1 Å². The Morgan fingerprint density at radius 3 is 2.57 bits per heavy atom. The van der Waals surface area contributed by atoms with Gasteiger partial charge in [0.05, 0.1) is 14.2 Å². The van der Waals surface area contributed by atoms with Crippen molar-refractivity contribution in [2.75, 3.05) is 20.8 Å². The van der Waals surface area contributed by atoms with E-state index in [9.17, 15) is 9.59 Å². The molecule has 6 heteroatoms. The molecule has 1 aromatic rings. The molecule has 1 N–H and O–H groups in total. The number of esters is 1. The Hall–Kier alpha value is -2.94. The van der Waals surface area contributed by atoms with E-state index in [1.54, 1.807) is 6.07 Å². The van der Waals surface area contributed by atoms with Crippen LogP contribution in [0.5, 0.6) is 11.5 Å². The van der Waals surface area contributed by atoms with E-state index in [0.29, 0.717) is 11.3 Å². The smallest absolute Gasteiger partial charge is 0.343 e. The fourth-order valence-corrected chi connectivity index (χ4v) is 1.63. The highest BCUT2D eigenvalue weighted by molar-refractivity contribution is 5.99. The first-order chi connectivity index (χ1) is 10.0. The summed E-state index contributed by atoms with van der Waals surface area (Å²) in [4.78, 5) is 22.7. The fraction of sp³-hybridized carbons (Fsp3) is 0.200. The third kappa shape index (κ3) is 4.01. The highest BCUT2D eigenvalue weighted by Crippen LogP contribution is 2.34. The molecule has 0 saturated heterocycles. The molecule has 0 unspecified atom stereocenters. The molecule has 0 aromatic heterocycles. The van der Waals surface area contributed by atoms with E-state index in [2.05, 4.69) is 5.92 Å². The lowest BCUT2D eigenvalue weighted by Crippen LogP contribution is -2.10. The Bertz CT molecular complexity index is 609. The summed E-state index contributed by atoms with van der Waals surface area (Å²) in [5, 5.41) is 8.69. The Labute approximate surface area is 121 Å². The van der Waals surface area contributed by atoms with Crippen LogP contribution >= 0.6 is 0 Å². The molecule has 1 aromatic carbocycles. The average molecular weight is 290 g/mol. The average Bonchev–Trinajstić information content (AvgIpc) is 2.49. The molecular weight excluding hydrogens is 276 g/mol. The number of carboxylic acid groups (broad SMARTS) is 1. The number of carboxylic acids is 1. The van der Waals surface area contributed by atoms with E-state index < -0.39 is 11.9 Å². The predicted molar refractivity (Wildman–Crippen MR) is 75.3 cm³/mol. The van der Waals surface area contributed by atoms with Crippen LogP contribution in [0.3, 0.4) is 0 Å². The lowest BCUT2D eigenvalue weighted by Gasteiger charge is -2.14. The Kier molecular flexibility index (Phi) is 5.83. The fourth-order valence-electron chi connectivity index (χ4n) is 1.63. The summed E-state index contributed by atoms with van der Waals surface area (Å²) in [6.45, 7) is -0.207. The molecule has 21 heavy (non-hydrogen) atoms. The van der Waals surface area contributed by atoms with Gasteiger partial charge < -0.3 is 19.3 Å². The predicted octanol–water partition coefficient (Wildman–Crippen LogP) is 1.59. The van der Waals surface area contributed by atoms with Gasteiger partial charge in [-0.1, -0.05) is 12.0 Å². The zero-order chi connectivity index (χ0) is 15.8. The molecule has 0 saturated carbocycles. The molecule has 0 heterocycles. The quantitative estimate of drug-likeness (QED) is 0.487. The zero-order valence-electron chi connectivity index (χ0n) is 11.6. The van der Waals surface area contributed by atoms with Gasteiger partial charge in [-0.25, -0.2) is 9.59 Å². The van der Waals surface area contributed by atoms with Gasteiger partial charge in [-0.15, -0.1) is 6.42 Å². The molecule has 0 aliphatic rings. The van der Waals surface area contributed by atoms with Crippen LogP contribution in [-0.2, 0) is 9.53 Å². The normalized spacial score (nSPS) is 9.95. The van der Waals surface area contributed by atoms with Gasteiger partial charge in [-0.3, -0.25) is 0 Å². The summed E-state index contributed by atoms with van der Waals surface area (Å²) in [5.41, 5.74) is 0.363. The Morgan fingerprint density at radius 1 is 1.33 bits per heavy atom. The second-order valence-corrected chi connectivity index (χ2v) is 3.72. The Balaban J connectivity index is 3.40. The van der Waals surface area contributed by atoms with E-state index in [0.717, 1.165) is 6.08 Å². The van der Waals surface area contributed by atoms with Gasteiger partial charge in [0.1, 0.15) is 5.56 Å². The van der Waals surface area contributed by atoms with Gasteiger partial charge in [0.25, 0.3) is 0 Å². The number of rotatable bonds is 6. The van der Waals surface area contributed by atoms with Crippen molar-refractivity contribution >= 4 is 18.0 Å². The van der Waals surface area contributed by atoms with Crippen LogP contribution < -0.4 is 9.47 Å². The maximum absolute atomic E-state index is 12.1. The summed E-state index contributed by atoms with van der Waals surface area (Å²) in [5.74, 6) is 0.766. The number of hydrogen-bond donors (Lipinski definition) is 1. The summed E-state index contributed by atoms with van der Waals surface area (Å²) in [7, 11) is 2.78. The van der Waals surface area contributed by atoms with Gasteiger partial charge >= 0.3 is 11.9 Å². The molecule has 0 aliphatic carbocycles. The largest absolute Gasteiger partial charge is 0.493 e. The minimum atomic E-state index is -1.15. The van der Waals surface area contributed by atoms with Gasteiger partial charge in [0.2, 0.25) is 0 Å². The second kappa shape index (κ2) is 7.60. The highest BCUT2D eigenvalue weighted by atomic mass is 16.5. The molecule has 0 atom stereocenters. The van der Waals surface area contributed by atoms with Crippen LogP contribution in [0.15, 0.2) is 18.2 Å². The Morgan fingerprint density at radius 2 is 2.05 bits per heavy atom. The van der Waals surface area contributed by atoms with E-state index >= 15 is 0 Å². The standard InChI is InChI=1S/C15H14O6/c1-4-9-21-15(18)13-10(6-8-12(16)17)5-7-11(19-2)14(13)20-3/h1,5-8H,9H2,2-3H3,(H,16,17)/b8-6+. The molecular formula is C15H14O6. The topological polar surface area (TPSA) is 82.1 Å². The third-order valence-electron chi connectivity index (χ3n) is 2.47. The van der Waals surface area contributed by atoms with Crippen molar-refractivity contribution in [3.05, 3.63) is 29.3 Å². The molecule has 0 bridgehead atoms. The SMILES string of the molecule is C#CCOC(=O)c1c(/C=C/C(=O)O)ccc(OC)c1OC. The van der Waals surface area contributed by atoms with Crippen LogP contribution in [0.4, 0.5) is 0 Å². The number of carbonyl (C=O) groups is 2. The summed E-state index contributed by atoms with van der Waals surface area (Å²) >= 11 is 0. The second-order valence-electron chi connectivity index (χ2n) is 3.72. The number of carbonyl (C=O) groups excluding carboxylic acids is 1. The molecule has 0 fully saturated rings. The van der Waals surface area contributed by atoms with E-state index in [-0.39, 0.29) is 17.9 Å². The van der Waals surface area contributed by atoms with Crippen molar-refractivity contribution < 1.29 is 28.9 Å². The van der Waals surface area contributed by atoms with E-state index in [4.69, 9.17) is 25.7 Å². The summed E-state index contributed by atoms with van der Waals surface area (Å²) in [6.07, 6.45) is 7.21. The number of ether oxygens (including phenoxy) is 3. The van der Waals surface area contributed by atoms with Gasteiger partial charge in [-0.2, -0.15) is 0 Å². The van der Waals surface area contributed by atoms with Crippen molar-refractivity contribution in [2.45, 2.75) is 0 Å². The first-order valence-corrected chi connectivity index (χ1v) is 5.81. The first-order valence-electron chi connectivity index (χ1n) is 5.81. The van der Waals surface area contributed by atoms with Crippen molar-refractivity contribution in [1.82, 2.24) is 0 Å². The molecule has 0 aliphatic heterocycles. The van der Waals surface area contributed by atoms with Crippen LogP contribution in [0, 0.1) is 12.3 Å². The van der Waals surface area contributed by atoms with Crippen LogP contribution in [-0.4, -0.2) is 37.9 Å². The summed E-state index contributed by atoms with van der Waals surface area (Å²) < 4.78 is 15.1. The zero-order valence-corrected chi connectivity index (χ0v) is 11.6. The highest BCUT2D eigenvalue weighted by Gasteiger charge is 2.21. The monoisotopic (exact) mass is 290 g/mol. The summed E-state index contributed by atoms with van der Waals surface area (Å²) in [6, 6.07) is 3.07. The van der Waals surface area contributed by atoms with Crippen LogP contribution in [0.1, 0.15) is 15.9 Å². The number of benzene rings is 1. The molecule has 0 spiro atoms. The van der Waals surface area contributed by atoms with E-state index in [1.807, 2.05) is 0 Å². The number of aliphatic carboxylic acids is 1.